The van der Waals surface area contributed by atoms with Gasteiger partial charge in [-0.15, -0.1) is 0 Å². The fourth-order valence-electron chi connectivity index (χ4n) is 8.98. The van der Waals surface area contributed by atoms with Gasteiger partial charge < -0.3 is 19.9 Å². The molecule has 1 spiro atoms. The summed E-state index contributed by atoms with van der Waals surface area (Å²) in [6.07, 6.45) is 12.0. The van der Waals surface area contributed by atoms with E-state index in [1.807, 2.05) is 6.07 Å². The molecular weight excluding hydrogens is 554 g/mol. The largest absolute Gasteiger partial charge is 0.381 e. The van der Waals surface area contributed by atoms with Crippen molar-refractivity contribution in [3.8, 4) is 0 Å². The molecule has 2 N–H and O–H groups in total. The lowest BCUT2D eigenvalue weighted by atomic mass is 9.81. The lowest BCUT2D eigenvalue weighted by Gasteiger charge is -2.49. The minimum absolute atomic E-state index is 0.0133. The van der Waals surface area contributed by atoms with Crippen molar-refractivity contribution in [2.75, 3.05) is 40.0 Å². The van der Waals surface area contributed by atoms with Crippen molar-refractivity contribution in [1.82, 2.24) is 25.5 Å². The third-order valence-electron chi connectivity index (χ3n) is 11.0. The van der Waals surface area contributed by atoms with E-state index in [-0.39, 0.29) is 35.5 Å². The van der Waals surface area contributed by atoms with Gasteiger partial charge in [-0.1, -0.05) is 36.4 Å². The number of hydrogen-bond donors (Lipinski definition) is 2. The standard InChI is InChI=1S/C35H53N5O4/c1-25(2)40-34(42)38(23-26-16-19-44-20-17-26)24-35(40)21-30-13-14-31(22-35)39(30)18-15-32(27-7-5-4-6-8-27)36-33(41)28-9-11-29(12-10-28)37-43-3/h4-8,11,25-26,28,30-32,37H,9-10,12-24H2,1-3H3,(H,36,41)/t28?,30?,31?,32-,35?/m0/s1. The Hall–Kier alpha value is -2.62. The first-order valence-electron chi connectivity index (χ1n) is 17.1. The quantitative estimate of drug-likeness (QED) is 0.344. The number of hydrogen-bond acceptors (Lipinski definition) is 6. The van der Waals surface area contributed by atoms with Crippen LogP contribution in [0.2, 0.25) is 0 Å². The van der Waals surface area contributed by atoms with Crippen molar-refractivity contribution < 1.29 is 19.2 Å². The number of nitrogens with zero attached hydrogens (tertiary/aromatic N) is 3. The summed E-state index contributed by atoms with van der Waals surface area (Å²) in [4.78, 5) is 39.5. The second kappa shape index (κ2) is 13.8. The maximum atomic E-state index is 13.8. The van der Waals surface area contributed by atoms with E-state index in [1.54, 1.807) is 7.11 Å². The second-order valence-electron chi connectivity index (χ2n) is 14.2. The van der Waals surface area contributed by atoms with Gasteiger partial charge in [0.1, 0.15) is 0 Å². The van der Waals surface area contributed by atoms with Crippen LogP contribution < -0.4 is 10.8 Å². The third-order valence-corrected chi connectivity index (χ3v) is 11.0. The highest BCUT2D eigenvalue weighted by Gasteiger charge is 2.57. The van der Waals surface area contributed by atoms with Gasteiger partial charge in [-0.3, -0.25) is 20.0 Å². The molecule has 4 atom stereocenters. The van der Waals surface area contributed by atoms with Gasteiger partial charge >= 0.3 is 6.03 Å². The number of urea groups is 1. The monoisotopic (exact) mass is 607 g/mol. The summed E-state index contributed by atoms with van der Waals surface area (Å²) in [5.41, 5.74) is 5.08. The first-order chi connectivity index (χ1) is 21.4. The molecule has 6 rings (SSSR count). The molecule has 5 aliphatic rings. The topological polar surface area (TPSA) is 86.4 Å². The number of hydroxylamine groups is 1. The highest BCUT2D eigenvalue weighted by atomic mass is 16.6. The first-order valence-corrected chi connectivity index (χ1v) is 17.1. The van der Waals surface area contributed by atoms with Gasteiger partial charge in [0.15, 0.2) is 0 Å². The molecular formula is C35H53N5O4. The molecule has 1 aliphatic carbocycles. The molecule has 3 amide bonds. The maximum Gasteiger partial charge on any atom is 0.320 e. The highest BCUT2D eigenvalue weighted by molar-refractivity contribution is 5.80. The Kier molecular flexibility index (Phi) is 9.83. The lowest BCUT2D eigenvalue weighted by molar-refractivity contribution is -0.126. The molecule has 0 saturated carbocycles. The molecule has 0 radical (unpaired) electrons. The van der Waals surface area contributed by atoms with Crippen LogP contribution in [0, 0.1) is 11.8 Å². The molecule has 9 nitrogen and oxygen atoms in total. The van der Waals surface area contributed by atoms with Crippen LogP contribution in [-0.2, 0) is 14.4 Å². The van der Waals surface area contributed by atoms with Gasteiger partial charge in [0.05, 0.1) is 18.7 Å². The van der Waals surface area contributed by atoms with Gasteiger partial charge in [0.2, 0.25) is 5.91 Å². The average molecular weight is 608 g/mol. The van der Waals surface area contributed by atoms with Crippen LogP contribution in [0.5, 0.6) is 0 Å². The first kappa shape index (κ1) is 31.4. The zero-order valence-corrected chi connectivity index (χ0v) is 27.0. The Labute approximate surface area is 263 Å². The predicted molar refractivity (Wildman–Crippen MR) is 170 cm³/mol. The Balaban J connectivity index is 1.11. The summed E-state index contributed by atoms with van der Waals surface area (Å²) >= 11 is 0. The number of ether oxygens (including phenoxy) is 1. The predicted octanol–water partition coefficient (Wildman–Crippen LogP) is 5.01. The number of fused-ring (bicyclic) bond motifs is 2. The fraction of sp³-hybridized carbons (Fsp3) is 0.714. The van der Waals surface area contributed by atoms with Gasteiger partial charge in [0, 0.05) is 62.6 Å². The summed E-state index contributed by atoms with van der Waals surface area (Å²) in [5, 5.41) is 3.45. The van der Waals surface area contributed by atoms with Gasteiger partial charge in [-0.2, -0.15) is 0 Å². The lowest BCUT2D eigenvalue weighted by Crippen LogP contribution is -2.60. The molecule has 4 fully saturated rings. The molecule has 242 valence electrons. The van der Waals surface area contributed by atoms with E-state index < -0.39 is 0 Å². The van der Waals surface area contributed by atoms with E-state index in [2.05, 4.69) is 69.7 Å². The van der Waals surface area contributed by atoms with Crippen LogP contribution in [0.1, 0.15) is 89.7 Å². The fourth-order valence-corrected chi connectivity index (χ4v) is 8.98. The Morgan fingerprint density at radius 3 is 2.43 bits per heavy atom. The van der Waals surface area contributed by atoms with Crippen molar-refractivity contribution in [3.05, 3.63) is 47.7 Å². The average Bonchev–Trinajstić information content (AvgIpc) is 3.44. The normalized spacial score (nSPS) is 30.2. The van der Waals surface area contributed by atoms with Crippen molar-refractivity contribution in [2.45, 2.75) is 108 Å². The van der Waals surface area contributed by atoms with Crippen LogP contribution in [0.15, 0.2) is 42.1 Å². The van der Waals surface area contributed by atoms with Crippen molar-refractivity contribution in [1.29, 1.82) is 0 Å². The van der Waals surface area contributed by atoms with Crippen LogP contribution in [-0.4, -0.2) is 90.3 Å². The number of carbonyl (C=O) groups is 2. The summed E-state index contributed by atoms with van der Waals surface area (Å²) < 4.78 is 5.59. The van der Waals surface area contributed by atoms with Crippen molar-refractivity contribution in [3.63, 3.8) is 0 Å². The summed E-state index contributed by atoms with van der Waals surface area (Å²) in [7, 11) is 1.62. The number of rotatable bonds is 11. The number of carbonyl (C=O) groups excluding carboxylic acids is 2. The molecule has 1 aromatic rings. The minimum Gasteiger partial charge on any atom is -0.381 e. The van der Waals surface area contributed by atoms with Crippen LogP contribution in [0.4, 0.5) is 4.79 Å². The summed E-state index contributed by atoms with van der Waals surface area (Å²) in [6, 6.07) is 11.8. The van der Waals surface area contributed by atoms with Crippen LogP contribution in [0.25, 0.3) is 0 Å². The molecule has 4 aliphatic heterocycles. The summed E-state index contributed by atoms with van der Waals surface area (Å²) in [5.74, 6) is 0.682. The maximum absolute atomic E-state index is 13.8. The Morgan fingerprint density at radius 1 is 1.07 bits per heavy atom. The molecule has 2 bridgehead atoms. The molecule has 4 saturated heterocycles. The number of piperidine rings is 1. The van der Waals surface area contributed by atoms with Gasteiger partial charge in [0.25, 0.3) is 0 Å². The van der Waals surface area contributed by atoms with E-state index in [0.717, 1.165) is 89.9 Å². The van der Waals surface area contributed by atoms with E-state index in [1.165, 1.54) is 18.4 Å². The van der Waals surface area contributed by atoms with Crippen LogP contribution >= 0.6 is 0 Å². The number of benzene rings is 1. The van der Waals surface area contributed by atoms with E-state index in [0.29, 0.717) is 18.0 Å². The molecule has 1 aromatic carbocycles. The second-order valence-corrected chi connectivity index (χ2v) is 14.2. The molecule has 3 unspecified atom stereocenters. The van der Waals surface area contributed by atoms with E-state index in [4.69, 9.17) is 9.57 Å². The molecule has 0 aromatic heterocycles. The Morgan fingerprint density at radius 2 is 1.80 bits per heavy atom. The zero-order chi connectivity index (χ0) is 30.7. The van der Waals surface area contributed by atoms with Gasteiger partial charge in [-0.25, -0.2) is 4.79 Å². The third kappa shape index (κ3) is 6.65. The molecule has 9 heteroatoms. The van der Waals surface area contributed by atoms with Crippen LogP contribution in [0.3, 0.4) is 0 Å². The molecule has 44 heavy (non-hydrogen) atoms. The minimum atomic E-state index is -0.0726. The Bertz CT molecular complexity index is 1150. The number of allylic oxidation sites excluding steroid dienone is 2. The summed E-state index contributed by atoms with van der Waals surface area (Å²) in [6.45, 7) is 8.71. The zero-order valence-electron chi connectivity index (χ0n) is 27.0. The molecule has 4 heterocycles. The number of amides is 3. The van der Waals surface area contributed by atoms with Crippen molar-refractivity contribution >= 4 is 11.9 Å². The highest BCUT2D eigenvalue weighted by Crippen LogP contribution is 2.48. The number of nitrogens with one attached hydrogen (secondary N) is 2. The smallest absolute Gasteiger partial charge is 0.320 e. The SMILES string of the molecule is CONC1=CCC(C(=O)N[C@@H](CCN2C3CCC2CC2(C3)CN(CC3CCOCC3)C(=O)N2C(C)C)c2ccccc2)CC1. The van der Waals surface area contributed by atoms with E-state index in [9.17, 15) is 9.59 Å². The van der Waals surface area contributed by atoms with E-state index >= 15 is 0 Å². The van der Waals surface area contributed by atoms with Crippen molar-refractivity contribution in [2.24, 2.45) is 11.8 Å². The van der Waals surface area contributed by atoms with Gasteiger partial charge in [-0.05, 0) is 89.5 Å².